The summed E-state index contributed by atoms with van der Waals surface area (Å²) in [5, 5.41) is 24.3. The van der Waals surface area contributed by atoms with Crippen molar-refractivity contribution in [2.24, 2.45) is 26.7 Å². The first-order chi connectivity index (χ1) is 62.0. The van der Waals surface area contributed by atoms with Gasteiger partial charge in [0.15, 0.2) is 23.3 Å². The van der Waals surface area contributed by atoms with Gasteiger partial charge in [-0.2, -0.15) is 35.4 Å². The van der Waals surface area contributed by atoms with Crippen LogP contribution in [0, 0.1) is 141 Å². The van der Waals surface area contributed by atoms with Gasteiger partial charge in [0, 0.05) is 45.6 Å². The van der Waals surface area contributed by atoms with Gasteiger partial charge in [0.2, 0.25) is 0 Å². The average Bonchev–Trinajstić information content (AvgIpc) is 1.56. The van der Waals surface area contributed by atoms with Crippen molar-refractivity contribution >= 4 is 198 Å². The molecule has 0 aliphatic carbocycles. The van der Waals surface area contributed by atoms with Crippen LogP contribution in [0.2, 0.25) is 0 Å². The maximum absolute atomic E-state index is 4.99. The van der Waals surface area contributed by atoms with E-state index in [1.807, 2.05) is 98.1 Å². The molecule has 16 heterocycles. The van der Waals surface area contributed by atoms with E-state index in [9.17, 15) is 0 Å². The molecule has 0 N–H and O–H groups in total. The standard InChI is InChI=1S/C25H29N2.C22H19N2S.C21H18N3S.C15H9N2.C14H8N3.C14H9N3.12CH3.6Ir/c1-24(2,3)14-17-11-12-22-21(13-17)19-9-7-8-10-20(19)23-26-18(16-27(22)23)15-25(4,5)6;1-22(2,3)13-14-8-9-19-17(12-14)15-6-4-5-7-16(15)20-23-18-10-11-25-21(18)24(19)20;1-21(2,3)11-13-8-9-17-16(10-13)14-6-4-5-7-15(14)19-23-18-20(24(17)19)25-12-22-18;1-2-6-12-11(5-1)13-7-3-9-16-15(13)17-10-4-8-14(12)17;1-2-7-12-10(5-1)11-6-3-4-8-13(11)17-14(12)15-9-16-17;1-2-5-11-10(4-1)12-6-3-7-15-13(12)17-9-8-16-14(11)17;;;;;;;;;;;;;;;;;;/h7-9,11-13,16H,14-15H2,1-6H3;4-6,8-12H,13H2,1-3H3;4-6,8-10,12H,11H2,1-3H3;1-9H;1-7,9H;1-8,14H;12*1H3;;;;;;/q5*-1;;12*-1;6*+3. The minimum atomic E-state index is 0. The van der Waals surface area contributed by atoms with Crippen molar-refractivity contribution in [2.75, 3.05) is 0 Å². The predicted octanol–water partition coefficient (Wildman–Crippen LogP) is 32.6. The van der Waals surface area contributed by atoms with Crippen LogP contribution in [0.1, 0.15) is 117 Å². The quantitative estimate of drug-likeness (QED) is 0.0964. The summed E-state index contributed by atoms with van der Waals surface area (Å²) in [4.78, 5) is 39.0. The summed E-state index contributed by atoms with van der Waals surface area (Å²) in [5.41, 5.74) is 24.2. The van der Waals surface area contributed by atoms with E-state index < -0.39 is 0 Å². The summed E-state index contributed by atoms with van der Waals surface area (Å²) in [7, 11) is 0. The first kappa shape index (κ1) is 130. The van der Waals surface area contributed by atoms with Gasteiger partial charge in [-0.25, -0.2) is 14.5 Å². The van der Waals surface area contributed by atoms with Crippen LogP contribution >= 0.6 is 22.7 Å². The summed E-state index contributed by atoms with van der Waals surface area (Å²) < 4.78 is 12.7. The minimum absolute atomic E-state index is 0. The van der Waals surface area contributed by atoms with Crippen molar-refractivity contribution in [3.63, 3.8) is 0 Å². The van der Waals surface area contributed by atoms with E-state index in [4.69, 9.17) is 15.0 Å². The van der Waals surface area contributed by atoms with Crippen molar-refractivity contribution in [3.05, 3.63) is 426 Å². The molecule has 2 aliphatic rings. The van der Waals surface area contributed by atoms with E-state index in [-0.39, 0.29) is 238 Å². The van der Waals surface area contributed by atoms with Gasteiger partial charge in [-0.05, 0) is 167 Å². The van der Waals surface area contributed by atoms with Crippen LogP contribution < -0.4 is 0 Å². The van der Waals surface area contributed by atoms with Crippen molar-refractivity contribution in [3.8, 4) is 11.1 Å². The summed E-state index contributed by atoms with van der Waals surface area (Å²) in [6.07, 6.45) is 19.7. The number of thiophene rings is 1. The second-order valence-electron chi connectivity index (χ2n) is 38.1. The van der Waals surface area contributed by atoms with Gasteiger partial charge in [0.05, 0.1) is 33.6 Å². The molecular weight excluding hydrogens is 2900 g/mol. The Hall–Kier alpha value is -10.4. The number of para-hydroxylation sites is 1. The molecule has 0 saturated heterocycles. The molecule has 10 aromatic carbocycles. The Morgan fingerprint density at radius 3 is 1.41 bits per heavy atom. The molecule has 1 atom stereocenters. The Kier molecular flexibility index (Phi) is 46.8. The van der Waals surface area contributed by atoms with Crippen LogP contribution in [0.15, 0.2) is 283 Å². The maximum atomic E-state index is 4.99. The molecule has 0 radical (unpaired) electrons. The fraction of sp³-hybridized carbons (Fsp3) is 0.171. The number of rotatable bonds is 4. The van der Waals surface area contributed by atoms with Gasteiger partial charge in [0.1, 0.15) is 22.2 Å². The smallest absolute Gasteiger partial charge is 0.428 e. The summed E-state index contributed by atoms with van der Waals surface area (Å²) >= 11 is 3.38. The van der Waals surface area contributed by atoms with E-state index in [0.29, 0.717) is 0 Å². The normalized spacial score (nSPS) is 11.7. The van der Waals surface area contributed by atoms with Gasteiger partial charge in [-0.1, -0.05) is 238 Å². The van der Waals surface area contributed by atoms with Gasteiger partial charge < -0.3 is 111 Å². The van der Waals surface area contributed by atoms with Gasteiger partial charge in [-0.15, -0.1) is 128 Å². The molecule has 0 bridgehead atoms. The van der Waals surface area contributed by atoms with E-state index in [0.717, 1.165) is 125 Å². The summed E-state index contributed by atoms with van der Waals surface area (Å²) in [5.74, 6) is 0.939. The number of pyridine rings is 7. The largest absolute Gasteiger partial charge is 3.00 e. The van der Waals surface area contributed by atoms with Gasteiger partial charge >= 0.3 is 121 Å². The van der Waals surface area contributed by atoms with Crippen molar-refractivity contribution in [1.82, 2.24) is 62.1 Å². The molecule has 24 aromatic rings. The SMILES string of the molecule is CC(C)(C)Cc1ccc2c(c1)c1ccc[c-]c1c1nc(CC(C)(C)C)cn21.CC(C)(C)Cc1ccc2c(c1)c1ccc[c-]c1c1nc3ccsc3n21.CC(C)(C)Cc1ccc2c(c1)c1ccc[c-]c1c1nc3ncsc3n21.[C-]1=[N+]2c3ncccc3-c3ccccc3C2N=C1.[CH3-].[CH3-].[CH3-].[CH3-].[CH3-].[CH3-].[CH3-].[CH3-].[CH3-].[CH3-].[CH3-].[CH3-].[Ir+3].[Ir+3].[Ir+3].[Ir+3].[Ir+3].[Ir+3].[c-]1ccc2c3ccccc3c3cccnc3n12.[c-]1cccc2c3ccccc3c3ncnn3c12. The van der Waals surface area contributed by atoms with E-state index in [1.165, 1.54) is 103 Å². The van der Waals surface area contributed by atoms with Crippen LogP contribution in [0.25, 0.3) is 169 Å². The molecule has 26 rings (SSSR count). The van der Waals surface area contributed by atoms with Gasteiger partial charge in [0.25, 0.3) is 0 Å². The third-order valence-electron chi connectivity index (χ3n) is 23.6. The Morgan fingerprint density at radius 2 is 0.829 bits per heavy atom. The molecule has 2 aliphatic heterocycles. The Morgan fingerprint density at radius 1 is 0.363 bits per heavy atom. The van der Waals surface area contributed by atoms with Crippen LogP contribution in [0.3, 0.4) is 0 Å². The fourth-order valence-electron chi connectivity index (χ4n) is 18.7. The molecule has 0 spiro atoms. The van der Waals surface area contributed by atoms with Crippen LogP contribution in [0.4, 0.5) is 5.82 Å². The molecule has 23 heteroatoms. The summed E-state index contributed by atoms with van der Waals surface area (Å²) in [6, 6.07) is 98.1. The number of hydrogen-bond donors (Lipinski definition) is 0. The van der Waals surface area contributed by atoms with Crippen LogP contribution in [0.5, 0.6) is 0 Å². The van der Waals surface area contributed by atoms with Crippen molar-refractivity contribution < 1.29 is 125 Å². The zero-order valence-corrected chi connectivity index (χ0v) is 104. The molecule has 1 unspecified atom stereocenters. The minimum Gasteiger partial charge on any atom is -0.428 e. The third-order valence-corrected chi connectivity index (χ3v) is 25.2. The Labute approximate surface area is 954 Å². The Bertz CT molecular complexity index is 8110. The predicted molar refractivity (Wildman–Crippen MR) is 607 cm³/mol. The second-order valence-corrected chi connectivity index (χ2v) is 39.9. The van der Waals surface area contributed by atoms with Crippen molar-refractivity contribution in [1.29, 1.82) is 0 Å². The number of aromatic nitrogens is 13. The maximum Gasteiger partial charge on any atom is 3.00 e. The zero-order chi connectivity index (χ0) is 87.5. The molecule has 760 valence electrons. The molecule has 146 heavy (non-hydrogen) atoms. The third kappa shape index (κ3) is 25.2. The fourth-order valence-corrected chi connectivity index (χ4v) is 20.3. The number of benzene rings is 10. The summed E-state index contributed by atoms with van der Waals surface area (Å²) in [6.45, 7) is 27.4. The molecule has 0 saturated carbocycles. The first-order valence-electron chi connectivity index (χ1n) is 43.6. The zero-order valence-electron chi connectivity index (χ0n) is 87.6. The number of hydrogen-bond acceptors (Lipinski definition) is 11. The van der Waals surface area contributed by atoms with E-state index >= 15 is 0 Å². The van der Waals surface area contributed by atoms with Gasteiger partial charge in [-0.3, -0.25) is 24.9 Å². The second kappa shape index (κ2) is 52.7. The van der Waals surface area contributed by atoms with Crippen LogP contribution in [-0.4, -0.2) is 79.1 Å². The van der Waals surface area contributed by atoms with Crippen molar-refractivity contribution in [2.45, 2.75) is 115 Å². The number of thiazole rings is 1. The number of imidazole rings is 3. The topological polar surface area (TPSA) is 141 Å². The average molecular weight is 3030 g/mol. The number of aliphatic imine (C=N–C) groups is 1. The molecule has 0 fully saturated rings. The monoisotopic (exact) mass is 3040 g/mol. The van der Waals surface area contributed by atoms with Crippen LogP contribution in [-0.2, 0) is 146 Å². The number of fused-ring (bicyclic) bond motifs is 40. The molecule has 0 amide bonds. The van der Waals surface area contributed by atoms with E-state index in [2.05, 4.69) is 350 Å². The number of nitrogens with zero attached hydrogens (tertiary/aromatic N) is 15. The first-order valence-corrected chi connectivity index (χ1v) is 45.3. The molecule has 15 nitrogen and oxygen atoms in total. The molecule has 14 aromatic heterocycles. The Balaban J connectivity index is 0.000000443. The van der Waals surface area contributed by atoms with E-state index in [1.54, 1.807) is 35.2 Å². The molecular formula is C123H128Ir6N15S2+.